The molecule has 0 unspecified atom stereocenters. The van der Waals surface area contributed by atoms with Gasteiger partial charge in [0.1, 0.15) is 18.1 Å². The quantitative estimate of drug-likeness (QED) is 0.414. The molecule has 0 radical (unpaired) electrons. The summed E-state index contributed by atoms with van der Waals surface area (Å²) in [7, 11) is 0. The Balaban J connectivity index is 1.52. The molecule has 32 heavy (non-hydrogen) atoms. The molecule has 0 amide bonds. The molecular weight excluding hydrogens is 404 g/mol. The van der Waals surface area contributed by atoms with E-state index in [2.05, 4.69) is 40.7 Å². The lowest BCUT2D eigenvalue weighted by atomic mass is 10.2. The summed E-state index contributed by atoms with van der Waals surface area (Å²) >= 11 is 0. The summed E-state index contributed by atoms with van der Waals surface area (Å²) in [4.78, 5) is 7.12. The number of hydrogen-bond donors (Lipinski definition) is 2. The molecule has 174 valence electrons. The number of hydrogen-bond acceptors (Lipinski definition) is 5. The SMILES string of the molecule is CCNC(=NCc1cccc(OCCN2CCOCC2)c1)NCc1ccccc1OCC. The minimum absolute atomic E-state index is 0.573. The molecule has 2 aromatic rings. The van der Waals surface area contributed by atoms with Gasteiger partial charge in [-0.25, -0.2) is 4.99 Å². The van der Waals surface area contributed by atoms with Gasteiger partial charge in [0.05, 0.1) is 26.4 Å². The predicted octanol–water partition coefficient (Wildman–Crippen LogP) is 3.05. The zero-order chi connectivity index (χ0) is 22.4. The maximum absolute atomic E-state index is 5.97. The van der Waals surface area contributed by atoms with Crippen LogP contribution in [-0.4, -0.2) is 63.5 Å². The lowest BCUT2D eigenvalue weighted by Gasteiger charge is -2.26. The smallest absolute Gasteiger partial charge is 0.191 e. The van der Waals surface area contributed by atoms with Gasteiger partial charge in [0, 0.05) is 38.3 Å². The molecule has 0 aliphatic carbocycles. The third-order valence-corrected chi connectivity index (χ3v) is 5.16. The normalized spacial score (nSPS) is 14.8. The first kappa shape index (κ1) is 23.9. The van der Waals surface area contributed by atoms with Crippen molar-refractivity contribution in [3.05, 3.63) is 59.7 Å². The van der Waals surface area contributed by atoms with Crippen LogP contribution in [0.4, 0.5) is 0 Å². The lowest BCUT2D eigenvalue weighted by molar-refractivity contribution is 0.0322. The van der Waals surface area contributed by atoms with E-state index in [1.807, 2.05) is 37.3 Å². The molecule has 0 spiro atoms. The van der Waals surface area contributed by atoms with Crippen molar-refractivity contribution in [3.63, 3.8) is 0 Å². The van der Waals surface area contributed by atoms with Crippen molar-refractivity contribution in [2.45, 2.75) is 26.9 Å². The average Bonchev–Trinajstić information content (AvgIpc) is 2.83. The number of para-hydroxylation sites is 1. The first-order valence-electron chi connectivity index (χ1n) is 11.5. The van der Waals surface area contributed by atoms with Crippen LogP contribution in [0.1, 0.15) is 25.0 Å². The largest absolute Gasteiger partial charge is 0.494 e. The Hall–Kier alpha value is -2.77. The highest BCUT2D eigenvalue weighted by atomic mass is 16.5. The first-order chi connectivity index (χ1) is 15.8. The Kier molecular flexibility index (Phi) is 10.2. The summed E-state index contributed by atoms with van der Waals surface area (Å²) < 4.78 is 17.1. The van der Waals surface area contributed by atoms with Crippen molar-refractivity contribution < 1.29 is 14.2 Å². The minimum Gasteiger partial charge on any atom is -0.494 e. The third-order valence-electron chi connectivity index (χ3n) is 5.16. The number of nitrogens with zero attached hydrogens (tertiary/aromatic N) is 2. The molecule has 1 fully saturated rings. The van der Waals surface area contributed by atoms with Crippen LogP contribution in [0.2, 0.25) is 0 Å². The molecule has 3 rings (SSSR count). The first-order valence-corrected chi connectivity index (χ1v) is 11.5. The Labute approximate surface area is 191 Å². The standard InChI is InChI=1S/C25H36N4O3/c1-3-26-25(28-20-22-9-5-6-11-24(22)31-4-2)27-19-21-8-7-10-23(18-21)32-17-14-29-12-15-30-16-13-29/h5-11,18H,3-4,12-17,19-20H2,1-2H3,(H2,26,27,28). The second-order valence-electron chi connectivity index (χ2n) is 7.54. The van der Waals surface area contributed by atoms with E-state index in [1.165, 1.54) is 0 Å². The van der Waals surface area contributed by atoms with Gasteiger partial charge in [-0.05, 0) is 37.6 Å². The molecular formula is C25H36N4O3. The molecule has 0 atom stereocenters. The van der Waals surface area contributed by atoms with Gasteiger partial charge in [-0.1, -0.05) is 30.3 Å². The highest BCUT2D eigenvalue weighted by molar-refractivity contribution is 5.79. The second kappa shape index (κ2) is 13.6. The maximum Gasteiger partial charge on any atom is 0.191 e. The fourth-order valence-electron chi connectivity index (χ4n) is 3.49. The molecule has 2 N–H and O–H groups in total. The topological polar surface area (TPSA) is 67.4 Å². The molecule has 1 aliphatic rings. The monoisotopic (exact) mass is 440 g/mol. The van der Waals surface area contributed by atoms with Crippen molar-refractivity contribution in [1.29, 1.82) is 0 Å². The number of aliphatic imine (C=N–C) groups is 1. The van der Waals surface area contributed by atoms with Crippen molar-refractivity contribution in [3.8, 4) is 11.5 Å². The molecule has 1 saturated heterocycles. The van der Waals surface area contributed by atoms with Crippen molar-refractivity contribution in [1.82, 2.24) is 15.5 Å². The molecule has 0 aromatic heterocycles. The van der Waals surface area contributed by atoms with Crippen LogP contribution in [0.15, 0.2) is 53.5 Å². The van der Waals surface area contributed by atoms with E-state index in [-0.39, 0.29) is 0 Å². The van der Waals surface area contributed by atoms with Gasteiger partial charge in [-0.3, -0.25) is 4.90 Å². The van der Waals surface area contributed by atoms with Crippen molar-refractivity contribution in [2.24, 2.45) is 4.99 Å². The summed E-state index contributed by atoms with van der Waals surface area (Å²) in [5.41, 5.74) is 2.22. The fraction of sp³-hybridized carbons (Fsp3) is 0.480. The maximum atomic E-state index is 5.97. The molecule has 7 heteroatoms. The highest BCUT2D eigenvalue weighted by Crippen LogP contribution is 2.18. The van der Waals surface area contributed by atoms with Gasteiger partial charge in [0.2, 0.25) is 0 Å². The summed E-state index contributed by atoms with van der Waals surface area (Å²) in [5, 5.41) is 6.71. The highest BCUT2D eigenvalue weighted by Gasteiger charge is 2.10. The van der Waals surface area contributed by atoms with Gasteiger partial charge in [0.25, 0.3) is 0 Å². The Morgan fingerprint density at radius 3 is 2.69 bits per heavy atom. The van der Waals surface area contributed by atoms with Crippen LogP contribution in [0.5, 0.6) is 11.5 Å². The van der Waals surface area contributed by atoms with Crippen molar-refractivity contribution in [2.75, 3.05) is 52.6 Å². The number of nitrogens with one attached hydrogen (secondary N) is 2. The lowest BCUT2D eigenvalue weighted by Crippen LogP contribution is -2.38. The third kappa shape index (κ3) is 8.05. The van der Waals surface area contributed by atoms with E-state index in [1.54, 1.807) is 0 Å². The van der Waals surface area contributed by atoms with Crippen LogP contribution in [0, 0.1) is 0 Å². The minimum atomic E-state index is 0.573. The number of benzene rings is 2. The number of rotatable bonds is 11. The number of morpholine rings is 1. The van der Waals surface area contributed by atoms with E-state index in [9.17, 15) is 0 Å². The predicted molar refractivity (Wildman–Crippen MR) is 128 cm³/mol. The summed E-state index contributed by atoms with van der Waals surface area (Å²) in [6.07, 6.45) is 0. The van der Waals surface area contributed by atoms with Gasteiger partial charge in [-0.15, -0.1) is 0 Å². The summed E-state index contributed by atoms with van der Waals surface area (Å²) in [5.74, 6) is 2.56. The number of guanidine groups is 1. The summed E-state index contributed by atoms with van der Waals surface area (Å²) in [6, 6.07) is 16.2. The Morgan fingerprint density at radius 2 is 1.88 bits per heavy atom. The van der Waals surface area contributed by atoms with E-state index < -0.39 is 0 Å². The van der Waals surface area contributed by atoms with E-state index >= 15 is 0 Å². The van der Waals surface area contributed by atoms with Crippen LogP contribution < -0.4 is 20.1 Å². The van der Waals surface area contributed by atoms with Gasteiger partial charge >= 0.3 is 0 Å². The van der Waals surface area contributed by atoms with Gasteiger partial charge in [0.15, 0.2) is 5.96 Å². The van der Waals surface area contributed by atoms with E-state index in [0.717, 1.165) is 68.0 Å². The summed E-state index contributed by atoms with van der Waals surface area (Å²) in [6.45, 7) is 11.9. The molecule has 2 aromatic carbocycles. The zero-order valence-electron chi connectivity index (χ0n) is 19.3. The molecule has 1 aliphatic heterocycles. The molecule has 1 heterocycles. The van der Waals surface area contributed by atoms with Gasteiger partial charge in [-0.2, -0.15) is 0 Å². The van der Waals surface area contributed by atoms with Crippen LogP contribution in [0.3, 0.4) is 0 Å². The van der Waals surface area contributed by atoms with Crippen LogP contribution in [-0.2, 0) is 17.8 Å². The van der Waals surface area contributed by atoms with Crippen LogP contribution >= 0.6 is 0 Å². The van der Waals surface area contributed by atoms with Crippen molar-refractivity contribution >= 4 is 5.96 Å². The average molecular weight is 441 g/mol. The Morgan fingerprint density at radius 1 is 1.03 bits per heavy atom. The fourth-order valence-corrected chi connectivity index (χ4v) is 3.49. The van der Waals surface area contributed by atoms with E-state index in [4.69, 9.17) is 19.2 Å². The molecule has 0 bridgehead atoms. The van der Waals surface area contributed by atoms with Crippen LogP contribution in [0.25, 0.3) is 0 Å². The number of ether oxygens (including phenoxy) is 3. The van der Waals surface area contributed by atoms with E-state index in [0.29, 0.717) is 26.3 Å². The second-order valence-corrected chi connectivity index (χ2v) is 7.54. The zero-order valence-corrected chi connectivity index (χ0v) is 19.3. The molecule has 0 saturated carbocycles. The van der Waals surface area contributed by atoms with Gasteiger partial charge < -0.3 is 24.8 Å². The Bertz CT molecular complexity index is 837. The molecule has 7 nitrogen and oxygen atoms in total.